The molecule has 2 fully saturated rings. The maximum atomic E-state index is 14.4. The van der Waals surface area contributed by atoms with E-state index in [0.717, 1.165) is 30.7 Å². The lowest BCUT2D eigenvalue weighted by Gasteiger charge is -2.34. The fourth-order valence-electron chi connectivity index (χ4n) is 5.02. The van der Waals surface area contributed by atoms with Crippen LogP contribution in [-0.4, -0.2) is 61.2 Å². The molecular weight excluding hydrogens is 621 g/mol. The molecule has 2 aliphatic rings. The van der Waals surface area contributed by atoms with Gasteiger partial charge in [-0.2, -0.15) is 32.9 Å². The lowest BCUT2D eigenvalue weighted by Crippen LogP contribution is -2.46. The Labute approximate surface area is 258 Å². The summed E-state index contributed by atoms with van der Waals surface area (Å²) in [7, 11) is 0. The molecule has 0 bridgehead atoms. The summed E-state index contributed by atoms with van der Waals surface area (Å²) in [5.41, 5.74) is 1.48. The Balaban J connectivity index is 1.12. The van der Waals surface area contributed by atoms with Crippen molar-refractivity contribution >= 4 is 17.5 Å². The molecule has 1 N–H and O–H groups in total. The molecule has 0 radical (unpaired) electrons. The zero-order valence-corrected chi connectivity index (χ0v) is 24.3. The second-order valence-electron chi connectivity index (χ2n) is 11.0. The number of benzene rings is 1. The number of nitrogens with one attached hydrogen (secondary N) is 1. The highest BCUT2D eigenvalue weighted by Gasteiger charge is 2.44. The maximum absolute atomic E-state index is 14.4. The van der Waals surface area contributed by atoms with Gasteiger partial charge >= 0.3 is 6.18 Å². The quantitative estimate of drug-likeness (QED) is 0.240. The van der Waals surface area contributed by atoms with Gasteiger partial charge < -0.3 is 9.64 Å². The molecule has 3 aromatic heterocycles. The largest absolute Gasteiger partial charge is 0.470 e. The molecule has 16 heteroatoms. The van der Waals surface area contributed by atoms with Gasteiger partial charge in [-0.05, 0) is 43.0 Å². The fraction of sp³-hybridized carbons (Fsp3) is 0.379. The maximum Gasteiger partial charge on any atom is 0.451 e. The molecule has 1 aliphatic carbocycles. The van der Waals surface area contributed by atoms with Crippen molar-refractivity contribution in [2.45, 2.75) is 38.6 Å². The minimum atomic E-state index is -4.66. The van der Waals surface area contributed by atoms with Crippen molar-refractivity contribution in [3.05, 3.63) is 76.0 Å². The normalized spacial score (nSPS) is 16.4. The second kappa shape index (κ2) is 12.2. The number of alkyl halides is 3. The van der Waals surface area contributed by atoms with E-state index in [9.17, 15) is 27.2 Å². The van der Waals surface area contributed by atoms with Gasteiger partial charge in [-0.1, -0.05) is 17.7 Å². The zero-order chi connectivity index (χ0) is 31.8. The Kier molecular flexibility index (Phi) is 8.27. The number of rotatable bonds is 9. The van der Waals surface area contributed by atoms with Gasteiger partial charge in [-0.3, -0.25) is 15.0 Å². The number of halogens is 6. The van der Waals surface area contributed by atoms with Crippen molar-refractivity contribution in [3.8, 4) is 23.3 Å². The molecule has 45 heavy (non-hydrogen) atoms. The van der Waals surface area contributed by atoms with Crippen LogP contribution in [0.5, 0.6) is 5.88 Å². The molecule has 6 rings (SSSR count). The fourth-order valence-corrected chi connectivity index (χ4v) is 5.18. The topological polar surface area (TPSA) is 120 Å². The molecule has 4 aromatic rings. The molecule has 0 spiro atoms. The highest BCUT2D eigenvalue weighted by atomic mass is 35.5. The number of piperazine rings is 1. The Morgan fingerprint density at radius 1 is 1.00 bits per heavy atom. The molecule has 0 atom stereocenters. The number of aromatic nitrogens is 6. The van der Waals surface area contributed by atoms with Gasteiger partial charge in [0.2, 0.25) is 17.6 Å². The number of hydrogen-bond acceptors (Lipinski definition) is 9. The Morgan fingerprint density at radius 2 is 1.78 bits per heavy atom. The van der Waals surface area contributed by atoms with Crippen molar-refractivity contribution in [2.24, 2.45) is 5.41 Å². The van der Waals surface area contributed by atoms with Crippen molar-refractivity contribution in [2.75, 3.05) is 31.1 Å². The molecule has 1 aromatic carbocycles. The van der Waals surface area contributed by atoms with Gasteiger partial charge in [0, 0.05) is 55.1 Å². The molecule has 1 aliphatic heterocycles. The van der Waals surface area contributed by atoms with Crippen LogP contribution in [0.4, 0.5) is 27.9 Å². The minimum Gasteiger partial charge on any atom is -0.470 e. The van der Waals surface area contributed by atoms with E-state index in [-0.39, 0.29) is 34.8 Å². The van der Waals surface area contributed by atoms with E-state index in [2.05, 4.69) is 36.0 Å². The van der Waals surface area contributed by atoms with Gasteiger partial charge in [0.1, 0.15) is 12.4 Å². The van der Waals surface area contributed by atoms with E-state index in [1.165, 1.54) is 18.3 Å². The number of pyridine rings is 1. The van der Waals surface area contributed by atoms with Crippen LogP contribution in [0, 0.1) is 28.4 Å². The second-order valence-corrected chi connectivity index (χ2v) is 11.5. The van der Waals surface area contributed by atoms with Gasteiger partial charge in [0.15, 0.2) is 5.82 Å². The van der Waals surface area contributed by atoms with E-state index in [4.69, 9.17) is 16.3 Å². The summed E-state index contributed by atoms with van der Waals surface area (Å²) in [6.07, 6.45) is -0.316. The van der Waals surface area contributed by atoms with Gasteiger partial charge in [-0.25, -0.2) is 14.4 Å². The zero-order valence-electron chi connectivity index (χ0n) is 23.6. The summed E-state index contributed by atoms with van der Waals surface area (Å²) in [6.45, 7) is 2.36. The number of ether oxygens (including phenoxy) is 1. The van der Waals surface area contributed by atoms with Crippen LogP contribution in [0.3, 0.4) is 0 Å². The number of nitrogens with zero attached hydrogens (tertiary/aromatic N) is 8. The van der Waals surface area contributed by atoms with E-state index < -0.39 is 29.1 Å². The minimum absolute atomic E-state index is 0.126. The first-order chi connectivity index (χ1) is 21.5. The SMILES string of the molecule is N#CC1(Cc2cc(-c3n[nH]c(C(F)(F)F)n3)cnc2CN2CCN(c3ncc(F)c(OCc4ccc(Cl)cc4F)n3)CC2)CC1. The highest BCUT2D eigenvalue weighted by Crippen LogP contribution is 2.48. The number of anilines is 1. The van der Waals surface area contributed by atoms with Crippen LogP contribution in [0.1, 0.15) is 35.5 Å². The molecule has 10 nitrogen and oxygen atoms in total. The Hall–Kier alpha value is -4.42. The third-order valence-electron chi connectivity index (χ3n) is 7.80. The third-order valence-corrected chi connectivity index (χ3v) is 8.03. The summed E-state index contributed by atoms with van der Waals surface area (Å²) in [5, 5.41) is 15.6. The summed E-state index contributed by atoms with van der Waals surface area (Å²) in [5.74, 6) is -2.71. The van der Waals surface area contributed by atoms with Crippen LogP contribution in [0.2, 0.25) is 5.02 Å². The van der Waals surface area contributed by atoms with E-state index >= 15 is 0 Å². The summed E-state index contributed by atoms with van der Waals surface area (Å²) in [6, 6.07) is 8.18. The number of hydrogen-bond donors (Lipinski definition) is 1. The smallest absolute Gasteiger partial charge is 0.451 e. The summed E-state index contributed by atoms with van der Waals surface area (Å²) >= 11 is 5.78. The first-order valence-electron chi connectivity index (χ1n) is 14.0. The van der Waals surface area contributed by atoms with Crippen LogP contribution >= 0.6 is 11.6 Å². The third kappa shape index (κ3) is 6.97. The van der Waals surface area contributed by atoms with Crippen LogP contribution < -0.4 is 9.64 Å². The first kappa shape index (κ1) is 30.6. The molecule has 4 heterocycles. The lowest BCUT2D eigenvalue weighted by atomic mass is 9.95. The predicted octanol–water partition coefficient (Wildman–Crippen LogP) is 5.35. The van der Waals surface area contributed by atoms with Gasteiger partial charge in [-0.15, -0.1) is 0 Å². The predicted molar refractivity (Wildman–Crippen MR) is 151 cm³/mol. The summed E-state index contributed by atoms with van der Waals surface area (Å²) in [4.78, 5) is 20.5. The van der Waals surface area contributed by atoms with Crippen LogP contribution in [0.25, 0.3) is 11.4 Å². The number of aromatic amines is 1. The highest BCUT2D eigenvalue weighted by molar-refractivity contribution is 6.30. The van der Waals surface area contributed by atoms with Crippen molar-refractivity contribution in [1.29, 1.82) is 5.26 Å². The van der Waals surface area contributed by atoms with E-state index in [1.807, 2.05) is 10.00 Å². The van der Waals surface area contributed by atoms with E-state index in [0.29, 0.717) is 50.4 Å². The van der Waals surface area contributed by atoms with Gasteiger partial charge in [0.05, 0.1) is 23.4 Å². The average Bonchev–Trinajstić information content (AvgIpc) is 3.59. The Bertz CT molecular complexity index is 1750. The van der Waals surface area contributed by atoms with Gasteiger partial charge in [0.25, 0.3) is 5.88 Å². The molecule has 234 valence electrons. The van der Waals surface area contributed by atoms with E-state index in [1.54, 1.807) is 6.07 Å². The molecule has 1 saturated heterocycles. The van der Waals surface area contributed by atoms with Crippen molar-refractivity contribution in [3.63, 3.8) is 0 Å². The molecule has 0 amide bonds. The Morgan fingerprint density at radius 3 is 2.44 bits per heavy atom. The first-order valence-corrected chi connectivity index (χ1v) is 14.4. The molecular formula is C29H25ClF5N9O. The standard InChI is InChI=1S/C29H25ClF5N9O/c30-20-2-1-17(21(31)10-20)15-45-25-22(32)13-38-27(40-25)44-7-5-43(6-8-44)14-23-18(11-28(16-36)3-4-28)9-19(12-37-23)24-39-26(42-41-24)29(33,34)35/h1-2,9-10,12-13H,3-8,11,14-15H2,(H,39,41,42). The molecule has 1 saturated carbocycles. The van der Waals surface area contributed by atoms with Crippen LogP contribution in [0.15, 0.2) is 36.7 Å². The summed E-state index contributed by atoms with van der Waals surface area (Å²) < 4.78 is 73.1. The molecule has 0 unspecified atom stereocenters. The lowest BCUT2D eigenvalue weighted by molar-refractivity contribution is -0.144. The van der Waals surface area contributed by atoms with Crippen molar-refractivity contribution in [1.82, 2.24) is 35.0 Å². The van der Waals surface area contributed by atoms with Crippen LogP contribution in [-0.2, 0) is 25.7 Å². The average molecular weight is 646 g/mol. The monoisotopic (exact) mass is 645 g/mol. The number of H-pyrrole nitrogens is 1. The van der Waals surface area contributed by atoms with Crippen molar-refractivity contribution < 1.29 is 26.7 Å². The number of nitriles is 1.